The molecule has 2 aliphatic rings. The highest BCUT2D eigenvalue weighted by molar-refractivity contribution is 8.00. The van der Waals surface area contributed by atoms with E-state index < -0.39 is 17.3 Å². The van der Waals surface area contributed by atoms with Gasteiger partial charge in [-0.1, -0.05) is 42.1 Å². The van der Waals surface area contributed by atoms with Crippen molar-refractivity contribution in [2.45, 2.75) is 35.1 Å². The lowest BCUT2D eigenvalue weighted by Gasteiger charge is -2.38. The Morgan fingerprint density at radius 2 is 2.07 bits per heavy atom. The fraction of sp³-hybridized carbons (Fsp3) is 0.333. The second kappa shape index (κ2) is 7.75. The van der Waals surface area contributed by atoms with Crippen LogP contribution in [0.3, 0.4) is 0 Å². The summed E-state index contributed by atoms with van der Waals surface area (Å²) < 4.78 is 0. The summed E-state index contributed by atoms with van der Waals surface area (Å²) in [5, 5.41) is 19.3. The third kappa shape index (κ3) is 3.65. The van der Waals surface area contributed by atoms with Crippen LogP contribution in [0.25, 0.3) is 4.85 Å². The molecular weight excluding hydrogens is 386 g/mol. The Kier molecular flexibility index (Phi) is 5.14. The van der Waals surface area contributed by atoms with Gasteiger partial charge < -0.3 is 15.7 Å². The van der Waals surface area contributed by atoms with Gasteiger partial charge in [0.2, 0.25) is 11.6 Å². The molecule has 1 aliphatic carbocycles. The number of primary amides is 1. The largest absolute Gasteiger partial charge is 0.389 e. The van der Waals surface area contributed by atoms with Gasteiger partial charge in [-0.3, -0.25) is 4.79 Å². The highest BCUT2D eigenvalue weighted by Gasteiger charge is 2.37. The highest BCUT2D eigenvalue weighted by atomic mass is 32.2. The first-order valence-corrected chi connectivity index (χ1v) is 10.2. The summed E-state index contributed by atoms with van der Waals surface area (Å²) in [6.07, 6.45) is 1.39. The van der Waals surface area contributed by atoms with E-state index in [0.29, 0.717) is 40.7 Å². The van der Waals surface area contributed by atoms with E-state index in [1.807, 2.05) is 35.2 Å². The van der Waals surface area contributed by atoms with E-state index in [4.69, 9.17) is 12.3 Å². The third-order valence-corrected chi connectivity index (χ3v) is 6.38. The number of hydrogen-bond donors (Lipinski definition) is 2. The molecule has 0 spiro atoms. The van der Waals surface area contributed by atoms with Crippen molar-refractivity contribution in [1.82, 2.24) is 4.98 Å². The molecule has 146 valence electrons. The monoisotopic (exact) mass is 405 g/mol. The number of rotatable bonds is 6. The van der Waals surface area contributed by atoms with E-state index in [2.05, 4.69) is 15.9 Å². The molecular formula is C21H19N5O2S. The van der Waals surface area contributed by atoms with E-state index in [1.165, 1.54) is 0 Å². The molecule has 7 nitrogen and oxygen atoms in total. The molecule has 3 N–H and O–H groups in total. The van der Waals surface area contributed by atoms with Crippen LogP contribution in [-0.2, 0) is 4.79 Å². The van der Waals surface area contributed by atoms with Gasteiger partial charge in [0.15, 0.2) is 0 Å². The van der Waals surface area contributed by atoms with Crippen molar-refractivity contribution in [2.24, 2.45) is 5.73 Å². The summed E-state index contributed by atoms with van der Waals surface area (Å²) in [5.74, 6) is 0.116. The number of aromatic nitrogens is 1. The summed E-state index contributed by atoms with van der Waals surface area (Å²) in [4.78, 5) is 22.3. The number of thioether (sulfide) groups is 1. The minimum absolute atomic E-state index is 0.157. The van der Waals surface area contributed by atoms with Crippen molar-refractivity contribution in [3.63, 3.8) is 0 Å². The van der Waals surface area contributed by atoms with Crippen LogP contribution in [0.15, 0.2) is 35.4 Å². The number of aliphatic hydroxyl groups is 1. The van der Waals surface area contributed by atoms with Gasteiger partial charge in [-0.2, -0.15) is 5.26 Å². The minimum Gasteiger partial charge on any atom is -0.389 e. The zero-order chi connectivity index (χ0) is 20.5. The topological polar surface area (TPSA) is 108 Å². The summed E-state index contributed by atoms with van der Waals surface area (Å²) in [6, 6.07) is 11.4. The maximum atomic E-state index is 12.2. The fourth-order valence-corrected chi connectivity index (χ4v) is 4.56. The zero-order valence-electron chi connectivity index (χ0n) is 15.6. The molecule has 1 saturated heterocycles. The van der Waals surface area contributed by atoms with Gasteiger partial charge in [0, 0.05) is 13.1 Å². The standard InChI is InChI=1S/C21H19N5O2S/c1-24-17-16(12-7-8-12)15(9-22)21(25-20(17)26-10-14(27)11-26)29-18(19(23)28)13-5-3-2-4-6-13/h2-6,12,14,18,27H,7-8,10-11H2,(H2,23,28). The molecule has 1 atom stereocenters. The Labute approximate surface area is 173 Å². The number of nitrogens with zero attached hydrogens (tertiary/aromatic N) is 4. The number of benzene rings is 1. The van der Waals surface area contributed by atoms with Crippen molar-refractivity contribution >= 4 is 29.2 Å². The molecule has 1 aliphatic heterocycles. The molecule has 0 radical (unpaired) electrons. The van der Waals surface area contributed by atoms with Crippen LogP contribution in [-0.4, -0.2) is 35.2 Å². The molecule has 2 aromatic rings. The van der Waals surface area contributed by atoms with Gasteiger partial charge >= 0.3 is 0 Å². The molecule has 0 bridgehead atoms. The van der Waals surface area contributed by atoms with Crippen LogP contribution in [0.1, 0.15) is 40.7 Å². The molecule has 8 heteroatoms. The van der Waals surface area contributed by atoms with Crippen molar-refractivity contribution in [1.29, 1.82) is 5.26 Å². The van der Waals surface area contributed by atoms with Crippen LogP contribution in [0.5, 0.6) is 0 Å². The Morgan fingerprint density at radius 3 is 2.59 bits per heavy atom. The fourth-order valence-electron chi connectivity index (χ4n) is 3.51. The van der Waals surface area contributed by atoms with E-state index in [-0.39, 0.29) is 5.92 Å². The predicted octanol–water partition coefficient (Wildman–Crippen LogP) is 2.88. The quantitative estimate of drug-likeness (QED) is 0.565. The molecule has 1 unspecified atom stereocenters. The second-order valence-electron chi connectivity index (χ2n) is 7.25. The van der Waals surface area contributed by atoms with Gasteiger partial charge in [-0.25, -0.2) is 9.83 Å². The van der Waals surface area contributed by atoms with Gasteiger partial charge in [0.05, 0.1) is 18.2 Å². The van der Waals surface area contributed by atoms with Gasteiger partial charge in [-0.15, -0.1) is 0 Å². The van der Waals surface area contributed by atoms with E-state index in [0.717, 1.165) is 30.2 Å². The van der Waals surface area contributed by atoms with Crippen molar-refractivity contribution in [3.05, 3.63) is 58.4 Å². The number of β-amino-alcohol motifs (C(OH)–C–C–N with tert-alkyl or cyclic N) is 1. The molecule has 1 amide bonds. The van der Waals surface area contributed by atoms with E-state index in [1.54, 1.807) is 0 Å². The summed E-state index contributed by atoms with van der Waals surface area (Å²) in [6.45, 7) is 8.47. The second-order valence-corrected chi connectivity index (χ2v) is 8.34. The first-order valence-electron chi connectivity index (χ1n) is 9.32. The van der Waals surface area contributed by atoms with Gasteiger partial charge in [-0.05, 0) is 29.9 Å². The molecule has 4 rings (SSSR count). The number of anilines is 1. The van der Waals surface area contributed by atoms with Crippen LogP contribution >= 0.6 is 11.8 Å². The predicted molar refractivity (Wildman–Crippen MR) is 110 cm³/mol. The average molecular weight is 405 g/mol. The van der Waals surface area contributed by atoms with Crippen LogP contribution in [0.4, 0.5) is 11.5 Å². The lowest BCUT2D eigenvalue weighted by molar-refractivity contribution is -0.117. The highest BCUT2D eigenvalue weighted by Crippen LogP contribution is 2.52. The average Bonchev–Trinajstić information content (AvgIpc) is 3.54. The number of nitrogens with two attached hydrogens (primary N) is 1. The normalized spacial score (nSPS) is 17.1. The molecule has 1 aromatic heterocycles. The number of carbonyl (C=O) groups excluding carboxylic acids is 1. The minimum atomic E-state index is -0.698. The maximum absolute atomic E-state index is 12.2. The Bertz CT molecular complexity index is 1030. The summed E-state index contributed by atoms with van der Waals surface area (Å²) in [5.41, 5.74) is 7.86. The number of carbonyl (C=O) groups is 1. The molecule has 1 saturated carbocycles. The maximum Gasteiger partial charge on any atom is 0.235 e. The van der Waals surface area contributed by atoms with E-state index >= 15 is 0 Å². The Hall–Kier alpha value is -3.07. The summed E-state index contributed by atoms with van der Waals surface area (Å²) in [7, 11) is 0. The first kappa shape index (κ1) is 19.3. The van der Waals surface area contributed by atoms with Crippen molar-refractivity contribution < 1.29 is 9.90 Å². The number of amides is 1. The molecule has 29 heavy (non-hydrogen) atoms. The lowest BCUT2D eigenvalue weighted by atomic mass is 10.0. The zero-order valence-corrected chi connectivity index (χ0v) is 16.4. The van der Waals surface area contributed by atoms with Crippen LogP contribution in [0, 0.1) is 17.9 Å². The Balaban J connectivity index is 1.83. The van der Waals surface area contributed by atoms with Crippen molar-refractivity contribution in [3.8, 4) is 6.07 Å². The summed E-state index contributed by atoms with van der Waals surface area (Å²) >= 11 is 1.15. The number of pyridine rings is 1. The number of aliphatic hydroxyl groups excluding tert-OH is 1. The van der Waals surface area contributed by atoms with E-state index in [9.17, 15) is 15.2 Å². The molecule has 2 fully saturated rings. The number of nitriles is 1. The van der Waals surface area contributed by atoms with Crippen molar-refractivity contribution in [2.75, 3.05) is 18.0 Å². The third-order valence-electron chi connectivity index (χ3n) is 5.12. The lowest BCUT2D eigenvalue weighted by Crippen LogP contribution is -2.51. The SMILES string of the molecule is [C-]#[N+]c1c(N2CC(O)C2)nc(SC(C(N)=O)c2ccccc2)c(C#N)c1C1CC1. The Morgan fingerprint density at radius 1 is 1.38 bits per heavy atom. The molecule has 1 aromatic carbocycles. The smallest absolute Gasteiger partial charge is 0.235 e. The number of hydrogen-bond acceptors (Lipinski definition) is 6. The van der Waals surface area contributed by atoms with Crippen LogP contribution in [0.2, 0.25) is 0 Å². The van der Waals surface area contributed by atoms with Gasteiger partial charge in [0.1, 0.15) is 22.2 Å². The first-order chi connectivity index (χ1) is 14.0. The van der Waals surface area contributed by atoms with Crippen LogP contribution < -0.4 is 10.6 Å². The van der Waals surface area contributed by atoms with Gasteiger partial charge in [0.25, 0.3) is 0 Å². The molecule has 2 heterocycles.